The van der Waals surface area contributed by atoms with Gasteiger partial charge in [-0.15, -0.1) is 11.3 Å². The van der Waals surface area contributed by atoms with Crippen LogP contribution in [0.3, 0.4) is 0 Å². The highest BCUT2D eigenvalue weighted by molar-refractivity contribution is 7.91. The maximum absolute atomic E-state index is 12.6. The van der Waals surface area contributed by atoms with Crippen LogP contribution in [0.4, 0.5) is 0 Å². The van der Waals surface area contributed by atoms with E-state index >= 15 is 0 Å². The molecule has 1 aliphatic heterocycles. The Labute approximate surface area is 190 Å². The van der Waals surface area contributed by atoms with Crippen LogP contribution in [0.2, 0.25) is 0 Å². The monoisotopic (exact) mass is 481 g/mol. The maximum atomic E-state index is 12.6. The summed E-state index contributed by atoms with van der Waals surface area (Å²) in [7, 11) is -1.59. The minimum Gasteiger partial charge on any atom is -0.453 e. The predicted octanol–water partition coefficient (Wildman–Crippen LogP) is 1.37. The van der Waals surface area contributed by atoms with Gasteiger partial charge in [0.15, 0.2) is 15.9 Å². The van der Waals surface area contributed by atoms with Crippen molar-refractivity contribution >= 4 is 43.3 Å². The lowest BCUT2D eigenvalue weighted by Crippen LogP contribution is -2.44. The molecule has 1 N–H and O–H groups in total. The number of likely N-dealkylation sites (N-methyl/N-ethyl adjacent to an activating group) is 1. The Kier molecular flexibility index (Phi) is 6.39. The summed E-state index contributed by atoms with van der Waals surface area (Å²) < 4.78 is 28.5. The number of H-pyrrole nitrogens is 1. The smallest absolute Gasteiger partial charge is 0.307 e. The third kappa shape index (κ3) is 4.73. The number of esters is 1. The van der Waals surface area contributed by atoms with Gasteiger partial charge in [-0.1, -0.05) is 0 Å². The molecule has 0 bridgehead atoms. The summed E-state index contributed by atoms with van der Waals surface area (Å²) in [5, 5.41) is 0.673. The summed E-state index contributed by atoms with van der Waals surface area (Å²) in [5.41, 5.74) is 0.942. The number of nitrogens with one attached hydrogen (secondary N) is 1. The topological polar surface area (TPSA) is 126 Å². The Hall–Kier alpha value is -2.27. The minimum atomic E-state index is -3.12. The fourth-order valence-electron chi connectivity index (χ4n) is 4.40. The Morgan fingerprint density at radius 2 is 2.06 bits per heavy atom. The van der Waals surface area contributed by atoms with Gasteiger partial charge in [-0.2, -0.15) is 0 Å². The summed E-state index contributed by atoms with van der Waals surface area (Å²) in [5.74, 6) is -0.593. The average Bonchev–Trinajstić information content (AvgIpc) is 3.30. The zero-order valence-corrected chi connectivity index (χ0v) is 19.8. The number of sulfone groups is 1. The van der Waals surface area contributed by atoms with Crippen LogP contribution >= 0.6 is 11.3 Å². The Morgan fingerprint density at radius 3 is 2.78 bits per heavy atom. The van der Waals surface area contributed by atoms with Gasteiger partial charge in [0, 0.05) is 24.4 Å². The average molecular weight is 482 g/mol. The quantitative estimate of drug-likeness (QED) is 0.618. The number of aryl methyl sites for hydroxylation is 3. The first-order valence-corrected chi connectivity index (χ1v) is 13.5. The van der Waals surface area contributed by atoms with Crippen LogP contribution in [0.25, 0.3) is 10.2 Å². The minimum absolute atomic E-state index is 0.0291. The summed E-state index contributed by atoms with van der Waals surface area (Å²) in [4.78, 5) is 48.0. The van der Waals surface area contributed by atoms with Gasteiger partial charge in [0.2, 0.25) is 0 Å². The second-order valence-corrected chi connectivity index (χ2v) is 11.9. The number of hydrogen-bond acceptors (Lipinski definition) is 8. The number of hydrogen-bond donors (Lipinski definition) is 1. The first kappa shape index (κ1) is 22.9. The van der Waals surface area contributed by atoms with Crippen molar-refractivity contribution in [1.82, 2.24) is 14.9 Å². The molecule has 11 heteroatoms. The molecule has 2 aromatic rings. The Morgan fingerprint density at radius 1 is 1.31 bits per heavy atom. The van der Waals surface area contributed by atoms with E-state index in [-0.39, 0.29) is 29.9 Å². The van der Waals surface area contributed by atoms with Gasteiger partial charge < -0.3 is 14.6 Å². The van der Waals surface area contributed by atoms with Gasteiger partial charge in [0.05, 0.1) is 23.3 Å². The van der Waals surface area contributed by atoms with Gasteiger partial charge in [-0.05, 0) is 44.6 Å². The largest absolute Gasteiger partial charge is 0.453 e. The molecule has 2 aliphatic rings. The van der Waals surface area contributed by atoms with Crippen LogP contribution < -0.4 is 5.56 Å². The predicted molar refractivity (Wildman–Crippen MR) is 121 cm³/mol. The normalized spacial score (nSPS) is 20.6. The van der Waals surface area contributed by atoms with Crippen LogP contribution in [-0.2, 0) is 43.4 Å². The van der Waals surface area contributed by atoms with Crippen molar-refractivity contribution in [3.8, 4) is 0 Å². The number of aromatic nitrogens is 2. The number of carbonyl (C=O) groups is 2. The van der Waals surface area contributed by atoms with Gasteiger partial charge in [-0.25, -0.2) is 13.4 Å². The molecule has 2 aromatic heterocycles. The van der Waals surface area contributed by atoms with Crippen molar-refractivity contribution < 1.29 is 22.7 Å². The van der Waals surface area contributed by atoms with Crippen molar-refractivity contribution in [3.63, 3.8) is 0 Å². The molecule has 1 amide bonds. The number of rotatable bonds is 6. The van der Waals surface area contributed by atoms with Gasteiger partial charge in [-0.3, -0.25) is 14.4 Å². The van der Waals surface area contributed by atoms with Crippen LogP contribution in [-0.4, -0.2) is 65.9 Å². The Balaban J connectivity index is 1.35. The first-order chi connectivity index (χ1) is 15.1. The number of aromatic amines is 1. The van der Waals surface area contributed by atoms with Crippen molar-refractivity contribution in [1.29, 1.82) is 0 Å². The molecule has 0 unspecified atom stereocenters. The zero-order chi connectivity index (χ0) is 23.0. The van der Waals surface area contributed by atoms with Gasteiger partial charge in [0.25, 0.3) is 11.5 Å². The van der Waals surface area contributed by atoms with Gasteiger partial charge >= 0.3 is 5.97 Å². The van der Waals surface area contributed by atoms with Crippen LogP contribution in [0.15, 0.2) is 4.79 Å². The van der Waals surface area contributed by atoms with E-state index in [9.17, 15) is 22.8 Å². The molecule has 174 valence electrons. The van der Waals surface area contributed by atoms with E-state index in [2.05, 4.69) is 9.97 Å². The summed E-state index contributed by atoms with van der Waals surface area (Å²) in [6, 6.07) is -0.397. The van der Waals surface area contributed by atoms with E-state index in [4.69, 9.17) is 4.74 Å². The number of nitrogens with zero attached hydrogens (tertiary/aromatic N) is 2. The van der Waals surface area contributed by atoms with E-state index in [0.29, 0.717) is 22.5 Å². The van der Waals surface area contributed by atoms with Crippen LogP contribution in [0.5, 0.6) is 0 Å². The number of ether oxygens (including phenoxy) is 1. The maximum Gasteiger partial charge on any atom is 0.307 e. The second-order valence-electron chi connectivity index (χ2n) is 8.54. The van der Waals surface area contributed by atoms with Crippen LogP contribution in [0, 0.1) is 0 Å². The zero-order valence-electron chi connectivity index (χ0n) is 18.2. The highest BCUT2D eigenvalue weighted by atomic mass is 32.2. The molecule has 0 saturated carbocycles. The summed E-state index contributed by atoms with van der Waals surface area (Å²) in [6.45, 7) is 1.47. The molecule has 2 atom stereocenters. The lowest BCUT2D eigenvalue weighted by Gasteiger charge is -2.26. The molecule has 9 nitrogen and oxygen atoms in total. The second kappa shape index (κ2) is 8.93. The molecular formula is C21H27N3O6S2. The fraction of sp³-hybridized carbons (Fsp3) is 0.619. The highest BCUT2D eigenvalue weighted by Crippen LogP contribution is 2.33. The van der Waals surface area contributed by atoms with E-state index in [0.717, 1.165) is 31.2 Å². The number of amides is 1. The van der Waals surface area contributed by atoms with E-state index in [1.54, 1.807) is 11.3 Å². The Bertz CT molecular complexity index is 1220. The van der Waals surface area contributed by atoms with E-state index in [1.165, 1.54) is 23.7 Å². The molecule has 0 radical (unpaired) electrons. The number of carbonyl (C=O) groups excluding carboxylic acids is 2. The SMILES string of the molecule is C[C@@H](OC(=O)CCc1nc2sc3c(c2c(=O)[nH]1)CCCC3)C(=O)N(C)[C@@H]1CCS(=O)(=O)C1. The summed E-state index contributed by atoms with van der Waals surface area (Å²) >= 11 is 1.55. The fourth-order valence-corrected chi connectivity index (χ4v) is 7.46. The number of fused-ring (bicyclic) bond motifs is 3. The number of thiophene rings is 1. The van der Waals surface area contributed by atoms with E-state index in [1.807, 2.05) is 0 Å². The lowest BCUT2D eigenvalue weighted by atomic mass is 9.97. The third-order valence-corrected chi connectivity index (χ3v) is 9.14. The van der Waals surface area contributed by atoms with Crippen molar-refractivity contribution in [2.45, 2.75) is 64.0 Å². The van der Waals surface area contributed by atoms with E-state index < -0.39 is 33.9 Å². The van der Waals surface area contributed by atoms with Crippen molar-refractivity contribution in [2.24, 2.45) is 0 Å². The van der Waals surface area contributed by atoms with Crippen LogP contribution in [0.1, 0.15) is 48.9 Å². The molecule has 32 heavy (non-hydrogen) atoms. The standard InChI is InChI=1S/C21H27N3O6S2/c1-12(21(27)24(2)13-9-10-32(28,29)11-13)30-17(25)8-7-16-22-19(26)18-14-5-3-4-6-15(14)31-20(18)23-16/h12-13H,3-11H2,1-2H3,(H,22,23,26)/t12-,13-/m1/s1. The van der Waals surface area contributed by atoms with Crippen molar-refractivity contribution in [2.75, 3.05) is 18.6 Å². The molecule has 3 heterocycles. The highest BCUT2D eigenvalue weighted by Gasteiger charge is 2.35. The summed E-state index contributed by atoms with van der Waals surface area (Å²) in [6.07, 6.45) is 3.62. The third-order valence-electron chi connectivity index (χ3n) is 6.20. The lowest BCUT2D eigenvalue weighted by molar-refractivity contribution is -0.159. The molecule has 1 saturated heterocycles. The molecule has 0 aromatic carbocycles. The first-order valence-electron chi connectivity index (χ1n) is 10.8. The van der Waals surface area contributed by atoms with Gasteiger partial charge in [0.1, 0.15) is 10.7 Å². The molecular weight excluding hydrogens is 454 g/mol. The van der Waals surface area contributed by atoms with Crippen molar-refractivity contribution in [3.05, 3.63) is 26.6 Å². The molecule has 0 spiro atoms. The molecule has 1 fully saturated rings. The molecule has 1 aliphatic carbocycles. The molecule has 4 rings (SSSR count).